The summed E-state index contributed by atoms with van der Waals surface area (Å²) in [6.07, 6.45) is 0.125. The van der Waals surface area contributed by atoms with E-state index in [9.17, 15) is 18.0 Å². The summed E-state index contributed by atoms with van der Waals surface area (Å²) in [4.78, 5) is 24.2. The summed E-state index contributed by atoms with van der Waals surface area (Å²) in [5.74, 6) is 0.272. The molecule has 0 saturated carbocycles. The number of anilines is 1. The minimum absolute atomic E-state index is 0.157. The Bertz CT molecular complexity index is 883. The van der Waals surface area contributed by atoms with Crippen LogP contribution in [0.25, 0.3) is 11.3 Å². The Morgan fingerprint density at radius 3 is 2.54 bits per heavy atom. The molecule has 0 spiro atoms. The van der Waals surface area contributed by atoms with E-state index < -0.39 is 11.7 Å². The van der Waals surface area contributed by atoms with Crippen LogP contribution in [-0.2, 0) is 12.7 Å². The van der Waals surface area contributed by atoms with Gasteiger partial charge >= 0.3 is 11.9 Å². The third-order valence-electron chi connectivity index (χ3n) is 3.26. The molecule has 6 nitrogen and oxygen atoms in total. The molecule has 0 radical (unpaired) electrons. The van der Waals surface area contributed by atoms with Gasteiger partial charge in [0.15, 0.2) is 0 Å². The van der Waals surface area contributed by atoms with Crippen LogP contribution in [0.5, 0.6) is 0 Å². The maximum Gasteiger partial charge on any atom is 0.416 e. The predicted molar refractivity (Wildman–Crippen MR) is 81.2 cm³/mol. The van der Waals surface area contributed by atoms with Crippen molar-refractivity contribution < 1.29 is 13.2 Å². The van der Waals surface area contributed by atoms with Gasteiger partial charge in [-0.15, -0.1) is 0 Å². The average molecular weight is 335 g/mol. The highest BCUT2D eigenvalue weighted by Gasteiger charge is 2.30. The quantitative estimate of drug-likeness (QED) is 0.684. The lowest BCUT2D eigenvalue weighted by Crippen LogP contribution is -2.08. The van der Waals surface area contributed by atoms with Crippen LogP contribution in [-0.4, -0.2) is 19.9 Å². The fraction of sp³-hybridized carbons (Fsp3) is 0.133. The summed E-state index contributed by atoms with van der Waals surface area (Å²) in [5.41, 5.74) is 0.584. The second-order valence-electron chi connectivity index (χ2n) is 5.00. The Labute approximate surface area is 133 Å². The number of imidazole rings is 1. The van der Waals surface area contributed by atoms with Gasteiger partial charge in [-0.25, -0.2) is 14.8 Å². The van der Waals surface area contributed by atoms with Crippen molar-refractivity contribution in [1.82, 2.24) is 19.9 Å². The molecule has 9 heteroatoms. The molecule has 24 heavy (non-hydrogen) atoms. The molecule has 2 heterocycles. The van der Waals surface area contributed by atoms with Crippen molar-refractivity contribution in [1.29, 1.82) is 0 Å². The van der Waals surface area contributed by atoms with Crippen LogP contribution in [0.2, 0.25) is 0 Å². The highest BCUT2D eigenvalue weighted by Crippen LogP contribution is 2.29. The SMILES string of the molecule is O=c1[nH]cc(-c2cnc(NCc3cccc(C(F)(F)F)c3)nc2)[nH]1. The van der Waals surface area contributed by atoms with E-state index >= 15 is 0 Å². The molecule has 0 amide bonds. The zero-order chi connectivity index (χ0) is 17.2. The number of alkyl halides is 3. The van der Waals surface area contributed by atoms with Crippen molar-refractivity contribution in [2.45, 2.75) is 12.7 Å². The summed E-state index contributed by atoms with van der Waals surface area (Å²) in [7, 11) is 0. The Balaban J connectivity index is 1.68. The number of hydrogen-bond acceptors (Lipinski definition) is 4. The molecule has 0 unspecified atom stereocenters. The molecular weight excluding hydrogens is 323 g/mol. The summed E-state index contributed by atoms with van der Waals surface area (Å²) < 4.78 is 38.0. The summed E-state index contributed by atoms with van der Waals surface area (Å²) in [6, 6.07) is 5.03. The lowest BCUT2D eigenvalue weighted by molar-refractivity contribution is -0.137. The van der Waals surface area contributed by atoms with Crippen LogP contribution < -0.4 is 11.0 Å². The third kappa shape index (κ3) is 3.62. The maximum atomic E-state index is 12.7. The number of hydrogen-bond donors (Lipinski definition) is 3. The predicted octanol–water partition coefficient (Wildman–Crippen LogP) is 2.79. The topological polar surface area (TPSA) is 86.5 Å². The third-order valence-corrected chi connectivity index (χ3v) is 3.26. The lowest BCUT2D eigenvalue weighted by atomic mass is 10.1. The molecule has 0 saturated heterocycles. The number of aromatic nitrogens is 4. The van der Waals surface area contributed by atoms with E-state index in [0.29, 0.717) is 16.8 Å². The second kappa shape index (κ2) is 6.19. The molecule has 0 fully saturated rings. The van der Waals surface area contributed by atoms with E-state index in [1.54, 1.807) is 6.07 Å². The summed E-state index contributed by atoms with van der Waals surface area (Å²) in [5, 5.41) is 2.85. The van der Waals surface area contributed by atoms with Gasteiger partial charge in [0.25, 0.3) is 0 Å². The number of benzene rings is 1. The van der Waals surface area contributed by atoms with Crippen LogP contribution >= 0.6 is 0 Å². The Hall–Kier alpha value is -3.10. The first kappa shape index (κ1) is 15.8. The largest absolute Gasteiger partial charge is 0.416 e. The second-order valence-corrected chi connectivity index (χ2v) is 5.00. The van der Waals surface area contributed by atoms with Gasteiger partial charge in [0, 0.05) is 30.7 Å². The summed E-state index contributed by atoms with van der Waals surface area (Å²) >= 11 is 0. The van der Waals surface area contributed by atoms with Gasteiger partial charge in [-0.05, 0) is 17.7 Å². The summed E-state index contributed by atoms with van der Waals surface area (Å²) in [6.45, 7) is 0.157. The number of halogens is 3. The van der Waals surface area contributed by atoms with Gasteiger partial charge in [0.05, 0.1) is 11.3 Å². The van der Waals surface area contributed by atoms with Gasteiger partial charge < -0.3 is 15.3 Å². The normalized spacial score (nSPS) is 11.5. The van der Waals surface area contributed by atoms with E-state index in [-0.39, 0.29) is 18.2 Å². The minimum atomic E-state index is -4.37. The smallest absolute Gasteiger partial charge is 0.350 e. The van der Waals surface area contributed by atoms with E-state index in [0.717, 1.165) is 12.1 Å². The molecule has 1 aromatic carbocycles. The number of nitrogens with one attached hydrogen (secondary N) is 3. The van der Waals surface area contributed by atoms with E-state index in [1.807, 2.05) is 0 Å². The van der Waals surface area contributed by atoms with Crippen molar-refractivity contribution >= 4 is 5.95 Å². The average Bonchev–Trinajstić information content (AvgIpc) is 2.99. The van der Waals surface area contributed by atoms with Crippen molar-refractivity contribution in [3.8, 4) is 11.3 Å². The number of rotatable bonds is 4. The molecule has 2 aromatic heterocycles. The van der Waals surface area contributed by atoms with E-state index in [2.05, 4.69) is 25.3 Å². The first-order valence-corrected chi connectivity index (χ1v) is 6.92. The van der Waals surface area contributed by atoms with Gasteiger partial charge in [0.2, 0.25) is 5.95 Å². The lowest BCUT2D eigenvalue weighted by Gasteiger charge is -2.09. The molecule has 0 aliphatic carbocycles. The van der Waals surface area contributed by atoms with Gasteiger partial charge in [-0.1, -0.05) is 12.1 Å². The zero-order valence-electron chi connectivity index (χ0n) is 12.2. The van der Waals surface area contributed by atoms with Crippen LogP contribution in [0.1, 0.15) is 11.1 Å². The van der Waals surface area contributed by atoms with Crippen LogP contribution in [0, 0.1) is 0 Å². The van der Waals surface area contributed by atoms with Gasteiger partial charge in [0.1, 0.15) is 0 Å². The molecule has 0 bridgehead atoms. The standard InChI is InChI=1S/C15H12F3N5O/c16-15(17,18)11-3-1-2-9(4-11)5-19-13-20-6-10(7-21-13)12-8-22-14(24)23-12/h1-4,6-8H,5H2,(H,19,20,21)(H2,22,23,24). The van der Waals surface area contributed by atoms with Crippen LogP contribution in [0.4, 0.5) is 19.1 Å². The van der Waals surface area contributed by atoms with Crippen molar-refractivity contribution in [3.63, 3.8) is 0 Å². The van der Waals surface area contributed by atoms with E-state index in [4.69, 9.17) is 0 Å². The minimum Gasteiger partial charge on any atom is -0.350 e. The van der Waals surface area contributed by atoms with Crippen LogP contribution in [0.15, 0.2) is 47.7 Å². The molecule has 0 atom stereocenters. The maximum absolute atomic E-state index is 12.7. The van der Waals surface area contributed by atoms with E-state index in [1.165, 1.54) is 24.7 Å². The first-order valence-electron chi connectivity index (χ1n) is 6.92. The monoisotopic (exact) mass is 335 g/mol. The molecular formula is C15H12F3N5O. The Morgan fingerprint density at radius 2 is 1.92 bits per heavy atom. The van der Waals surface area contributed by atoms with Crippen molar-refractivity contribution in [3.05, 3.63) is 64.5 Å². The van der Waals surface area contributed by atoms with Gasteiger partial charge in [-0.3, -0.25) is 0 Å². The highest BCUT2D eigenvalue weighted by atomic mass is 19.4. The first-order chi connectivity index (χ1) is 11.4. The Kier molecular flexibility index (Phi) is 4.07. The molecule has 0 aliphatic rings. The number of H-pyrrole nitrogens is 2. The molecule has 3 aromatic rings. The number of nitrogens with zero attached hydrogens (tertiary/aromatic N) is 2. The fourth-order valence-electron chi connectivity index (χ4n) is 2.08. The van der Waals surface area contributed by atoms with Crippen molar-refractivity contribution in [2.75, 3.05) is 5.32 Å². The number of aromatic amines is 2. The fourth-order valence-corrected chi connectivity index (χ4v) is 2.08. The molecule has 3 N–H and O–H groups in total. The molecule has 3 rings (SSSR count). The van der Waals surface area contributed by atoms with Crippen LogP contribution in [0.3, 0.4) is 0 Å². The molecule has 124 valence electrons. The Morgan fingerprint density at radius 1 is 1.17 bits per heavy atom. The van der Waals surface area contributed by atoms with Crippen molar-refractivity contribution in [2.24, 2.45) is 0 Å². The van der Waals surface area contributed by atoms with Gasteiger partial charge in [-0.2, -0.15) is 13.2 Å². The molecule has 0 aliphatic heterocycles. The highest BCUT2D eigenvalue weighted by molar-refractivity contribution is 5.56. The zero-order valence-corrected chi connectivity index (χ0v) is 12.2.